The molecular formula is C14H14N4O3S. The van der Waals surface area contributed by atoms with Gasteiger partial charge in [0.1, 0.15) is 5.82 Å². The molecule has 1 N–H and O–H groups in total. The Morgan fingerprint density at radius 3 is 2.45 bits per heavy atom. The lowest BCUT2D eigenvalue weighted by atomic mass is 10.2. The van der Waals surface area contributed by atoms with Crippen molar-refractivity contribution in [3.05, 3.63) is 40.5 Å². The molecular weight excluding hydrogens is 304 g/mol. The maximum atomic E-state index is 12.2. The van der Waals surface area contributed by atoms with Crippen molar-refractivity contribution in [2.24, 2.45) is 0 Å². The molecule has 8 heteroatoms. The highest BCUT2D eigenvalue weighted by molar-refractivity contribution is 7.08. The number of amides is 1. The second-order valence-corrected chi connectivity index (χ2v) is 5.64. The minimum Gasteiger partial charge on any atom is -0.476 e. The first-order valence-electron chi connectivity index (χ1n) is 6.77. The first kappa shape index (κ1) is 14.5. The first-order valence-corrected chi connectivity index (χ1v) is 7.71. The number of rotatable bonds is 3. The van der Waals surface area contributed by atoms with E-state index in [2.05, 4.69) is 9.97 Å². The number of nitrogens with zero attached hydrogens (tertiary/aromatic N) is 4. The molecule has 2 aromatic heterocycles. The van der Waals surface area contributed by atoms with Gasteiger partial charge in [-0.2, -0.15) is 11.3 Å². The molecule has 0 unspecified atom stereocenters. The fourth-order valence-corrected chi connectivity index (χ4v) is 2.93. The zero-order valence-corrected chi connectivity index (χ0v) is 12.5. The molecule has 0 atom stereocenters. The maximum absolute atomic E-state index is 12.2. The van der Waals surface area contributed by atoms with Gasteiger partial charge >= 0.3 is 5.97 Å². The maximum Gasteiger partial charge on any atom is 0.356 e. The minimum absolute atomic E-state index is 0.0493. The molecule has 1 fully saturated rings. The van der Waals surface area contributed by atoms with E-state index in [1.54, 1.807) is 0 Å². The molecule has 7 nitrogen and oxygen atoms in total. The third-order valence-electron chi connectivity index (χ3n) is 3.52. The molecule has 114 valence electrons. The Hall–Kier alpha value is -2.48. The van der Waals surface area contributed by atoms with Crippen LogP contribution in [0.3, 0.4) is 0 Å². The van der Waals surface area contributed by atoms with Gasteiger partial charge in [-0.05, 0) is 11.4 Å². The molecule has 1 amide bonds. The van der Waals surface area contributed by atoms with Gasteiger partial charge in [0.05, 0.1) is 18.0 Å². The number of carbonyl (C=O) groups excluding carboxylic acids is 1. The Kier molecular flexibility index (Phi) is 4.01. The van der Waals surface area contributed by atoms with E-state index in [0.717, 1.165) is 5.56 Å². The number of carbonyl (C=O) groups is 2. The minimum atomic E-state index is -1.09. The van der Waals surface area contributed by atoms with E-state index < -0.39 is 5.97 Å². The molecule has 1 aliphatic rings. The van der Waals surface area contributed by atoms with Crippen molar-refractivity contribution in [1.29, 1.82) is 0 Å². The molecule has 22 heavy (non-hydrogen) atoms. The first-order chi connectivity index (χ1) is 10.6. The smallest absolute Gasteiger partial charge is 0.356 e. The molecule has 0 saturated carbocycles. The summed E-state index contributed by atoms with van der Waals surface area (Å²) in [6, 6.07) is 1.83. The van der Waals surface area contributed by atoms with Crippen LogP contribution in [0, 0.1) is 0 Å². The fourth-order valence-electron chi connectivity index (χ4n) is 2.30. The van der Waals surface area contributed by atoms with Gasteiger partial charge in [-0.25, -0.2) is 14.8 Å². The summed E-state index contributed by atoms with van der Waals surface area (Å²) in [5.74, 6) is -0.411. The number of carboxylic acids is 1. The van der Waals surface area contributed by atoms with Gasteiger partial charge in [0.25, 0.3) is 5.91 Å². The standard InChI is InChI=1S/C14H14N4O3S/c19-13(10-1-6-22-9-10)18-4-2-17(3-5-18)12-8-15-11(7-16-12)14(20)21/h1,6-9H,2-5H2,(H,20,21). The highest BCUT2D eigenvalue weighted by Crippen LogP contribution is 2.15. The second-order valence-electron chi connectivity index (χ2n) is 4.86. The van der Waals surface area contributed by atoms with E-state index >= 15 is 0 Å². The molecule has 0 spiro atoms. The fraction of sp³-hybridized carbons (Fsp3) is 0.286. The predicted molar refractivity (Wildman–Crippen MR) is 81.4 cm³/mol. The Labute approximate surface area is 130 Å². The molecule has 2 aromatic rings. The molecule has 0 radical (unpaired) electrons. The summed E-state index contributed by atoms with van der Waals surface area (Å²) in [6.07, 6.45) is 2.71. The van der Waals surface area contributed by atoms with Crippen molar-refractivity contribution in [1.82, 2.24) is 14.9 Å². The van der Waals surface area contributed by atoms with Crippen LogP contribution in [0.15, 0.2) is 29.2 Å². The summed E-state index contributed by atoms with van der Waals surface area (Å²) in [4.78, 5) is 34.8. The van der Waals surface area contributed by atoms with E-state index in [1.807, 2.05) is 26.6 Å². The number of hydrogen-bond donors (Lipinski definition) is 1. The van der Waals surface area contributed by atoms with Crippen LogP contribution < -0.4 is 4.90 Å². The average molecular weight is 318 g/mol. The number of hydrogen-bond acceptors (Lipinski definition) is 6. The summed E-state index contributed by atoms with van der Waals surface area (Å²) in [6.45, 7) is 2.52. The summed E-state index contributed by atoms with van der Waals surface area (Å²) >= 11 is 1.51. The van der Waals surface area contributed by atoms with Crippen LogP contribution in [-0.2, 0) is 0 Å². The molecule has 0 aliphatic carbocycles. The lowest BCUT2D eigenvalue weighted by Crippen LogP contribution is -2.49. The third-order valence-corrected chi connectivity index (χ3v) is 4.20. The summed E-state index contributed by atoms with van der Waals surface area (Å²) in [5.41, 5.74) is 0.652. The normalized spacial score (nSPS) is 14.9. The van der Waals surface area contributed by atoms with E-state index in [4.69, 9.17) is 5.11 Å². The van der Waals surface area contributed by atoms with Crippen LogP contribution >= 0.6 is 11.3 Å². The van der Waals surface area contributed by atoms with Crippen molar-refractivity contribution in [3.8, 4) is 0 Å². The van der Waals surface area contributed by atoms with Crippen molar-refractivity contribution in [2.75, 3.05) is 31.1 Å². The van der Waals surface area contributed by atoms with Crippen LogP contribution in [-0.4, -0.2) is 58.0 Å². The quantitative estimate of drug-likeness (QED) is 0.915. The van der Waals surface area contributed by atoms with Gasteiger partial charge in [0, 0.05) is 31.6 Å². The number of carboxylic acid groups (broad SMARTS) is 1. The highest BCUT2D eigenvalue weighted by atomic mass is 32.1. The average Bonchev–Trinajstić information content (AvgIpc) is 3.09. The number of anilines is 1. The molecule has 3 heterocycles. The van der Waals surface area contributed by atoms with Crippen LogP contribution in [0.5, 0.6) is 0 Å². The highest BCUT2D eigenvalue weighted by Gasteiger charge is 2.23. The van der Waals surface area contributed by atoms with Gasteiger partial charge in [-0.1, -0.05) is 0 Å². The Bertz CT molecular complexity index is 664. The number of piperazine rings is 1. The predicted octanol–water partition coefficient (Wildman–Crippen LogP) is 1.20. The van der Waals surface area contributed by atoms with Crippen molar-refractivity contribution >= 4 is 29.0 Å². The van der Waals surface area contributed by atoms with Crippen LogP contribution in [0.2, 0.25) is 0 Å². The molecule has 0 aromatic carbocycles. The van der Waals surface area contributed by atoms with Crippen molar-refractivity contribution < 1.29 is 14.7 Å². The van der Waals surface area contributed by atoms with Crippen LogP contribution in [0.4, 0.5) is 5.82 Å². The monoisotopic (exact) mass is 318 g/mol. The van der Waals surface area contributed by atoms with Gasteiger partial charge in [0.2, 0.25) is 0 Å². The van der Waals surface area contributed by atoms with Gasteiger partial charge in [-0.3, -0.25) is 4.79 Å². The van der Waals surface area contributed by atoms with Crippen LogP contribution in [0.25, 0.3) is 0 Å². The molecule has 3 rings (SSSR count). The van der Waals surface area contributed by atoms with Crippen LogP contribution in [0.1, 0.15) is 20.8 Å². The van der Waals surface area contributed by atoms with E-state index in [-0.39, 0.29) is 11.6 Å². The second kappa shape index (κ2) is 6.10. The zero-order chi connectivity index (χ0) is 15.5. The third kappa shape index (κ3) is 2.91. The Balaban J connectivity index is 1.62. The Morgan fingerprint density at radius 1 is 1.14 bits per heavy atom. The number of thiophene rings is 1. The number of aromatic nitrogens is 2. The summed E-state index contributed by atoms with van der Waals surface area (Å²) in [5, 5.41) is 12.6. The van der Waals surface area contributed by atoms with Gasteiger partial charge < -0.3 is 14.9 Å². The summed E-state index contributed by atoms with van der Waals surface area (Å²) < 4.78 is 0. The van der Waals surface area contributed by atoms with Gasteiger partial charge in [-0.15, -0.1) is 0 Å². The van der Waals surface area contributed by atoms with Gasteiger partial charge in [0.15, 0.2) is 5.69 Å². The van der Waals surface area contributed by atoms with E-state index in [9.17, 15) is 9.59 Å². The topological polar surface area (TPSA) is 86.6 Å². The zero-order valence-electron chi connectivity index (χ0n) is 11.7. The van der Waals surface area contributed by atoms with E-state index in [0.29, 0.717) is 32.0 Å². The SMILES string of the molecule is O=C(O)c1cnc(N2CCN(C(=O)c3ccsc3)CC2)cn1. The number of aromatic carboxylic acids is 1. The van der Waals surface area contributed by atoms with Crippen molar-refractivity contribution in [3.63, 3.8) is 0 Å². The molecule has 1 aliphatic heterocycles. The summed E-state index contributed by atoms with van der Waals surface area (Å²) in [7, 11) is 0. The lowest BCUT2D eigenvalue weighted by molar-refractivity contribution is 0.0688. The Morgan fingerprint density at radius 2 is 1.91 bits per heavy atom. The van der Waals surface area contributed by atoms with E-state index in [1.165, 1.54) is 23.7 Å². The van der Waals surface area contributed by atoms with Crippen molar-refractivity contribution in [2.45, 2.75) is 0 Å². The molecule has 0 bridgehead atoms. The molecule has 1 saturated heterocycles. The lowest BCUT2D eigenvalue weighted by Gasteiger charge is -2.35. The largest absolute Gasteiger partial charge is 0.476 e.